The summed E-state index contributed by atoms with van der Waals surface area (Å²) in [6.45, 7) is 3.35. The van der Waals surface area contributed by atoms with Gasteiger partial charge in [0.1, 0.15) is 5.01 Å². The molecule has 132 valence electrons. The van der Waals surface area contributed by atoms with Crippen molar-refractivity contribution in [3.05, 3.63) is 40.9 Å². The van der Waals surface area contributed by atoms with Crippen molar-refractivity contribution < 1.29 is 9.59 Å². The number of amides is 2. The summed E-state index contributed by atoms with van der Waals surface area (Å²) in [6, 6.07) is 8.23. The van der Waals surface area contributed by atoms with Crippen LogP contribution in [0, 0.1) is 12.8 Å². The third-order valence-corrected chi connectivity index (χ3v) is 5.55. The molecule has 0 bridgehead atoms. The van der Waals surface area contributed by atoms with Gasteiger partial charge in [-0.1, -0.05) is 23.8 Å². The largest absolute Gasteiger partial charge is 0.359 e. The van der Waals surface area contributed by atoms with Gasteiger partial charge in [0.05, 0.1) is 12.1 Å². The minimum absolute atomic E-state index is 0.0289. The predicted octanol–water partition coefficient (Wildman–Crippen LogP) is 2.65. The Labute approximate surface area is 152 Å². The van der Waals surface area contributed by atoms with Gasteiger partial charge < -0.3 is 10.2 Å². The molecular formula is C19H23N3O2S. The van der Waals surface area contributed by atoms with Gasteiger partial charge in [-0.3, -0.25) is 9.59 Å². The number of aryl methyl sites for hydroxylation is 1. The van der Waals surface area contributed by atoms with Crippen LogP contribution in [-0.4, -0.2) is 41.8 Å². The highest BCUT2D eigenvalue weighted by molar-refractivity contribution is 7.13. The zero-order valence-corrected chi connectivity index (χ0v) is 15.4. The quantitative estimate of drug-likeness (QED) is 0.915. The highest BCUT2D eigenvalue weighted by Crippen LogP contribution is 2.25. The number of piperidine rings is 1. The summed E-state index contributed by atoms with van der Waals surface area (Å²) in [5.41, 5.74) is 3.11. The van der Waals surface area contributed by atoms with Crippen molar-refractivity contribution >= 4 is 23.2 Å². The fourth-order valence-corrected chi connectivity index (χ4v) is 3.98. The summed E-state index contributed by atoms with van der Waals surface area (Å²) in [7, 11) is 1.66. The number of thiazole rings is 1. The van der Waals surface area contributed by atoms with Crippen LogP contribution in [0.25, 0.3) is 10.6 Å². The van der Waals surface area contributed by atoms with Gasteiger partial charge in [0.25, 0.3) is 0 Å². The topological polar surface area (TPSA) is 62.3 Å². The molecule has 1 fully saturated rings. The van der Waals surface area contributed by atoms with E-state index in [4.69, 9.17) is 0 Å². The molecule has 0 unspecified atom stereocenters. The highest BCUT2D eigenvalue weighted by atomic mass is 32.1. The molecule has 0 spiro atoms. The summed E-state index contributed by atoms with van der Waals surface area (Å²) in [5, 5.41) is 5.60. The van der Waals surface area contributed by atoms with E-state index >= 15 is 0 Å². The summed E-state index contributed by atoms with van der Waals surface area (Å²) in [5.74, 6) is 0.201. The van der Waals surface area contributed by atoms with Crippen LogP contribution in [0.3, 0.4) is 0 Å². The average molecular weight is 357 g/mol. The molecule has 1 aliphatic heterocycles. The number of hydrogen-bond donors (Lipinski definition) is 1. The number of carbonyl (C=O) groups excluding carboxylic acids is 2. The number of likely N-dealkylation sites (tertiary alicyclic amines) is 1. The first-order chi connectivity index (χ1) is 12.1. The third kappa shape index (κ3) is 4.25. The SMILES string of the molecule is CNC(=O)C1CCN(C(=O)Cc2csc(-c3cccc(C)c3)n2)CC1. The summed E-state index contributed by atoms with van der Waals surface area (Å²) >= 11 is 1.57. The predicted molar refractivity (Wildman–Crippen MR) is 99.4 cm³/mol. The lowest BCUT2D eigenvalue weighted by molar-refractivity contribution is -0.135. The zero-order chi connectivity index (χ0) is 17.8. The Kier molecular flexibility index (Phi) is 5.48. The monoisotopic (exact) mass is 357 g/mol. The normalized spacial score (nSPS) is 15.2. The fourth-order valence-electron chi connectivity index (χ4n) is 3.16. The number of aromatic nitrogens is 1. The second-order valence-corrected chi connectivity index (χ2v) is 7.32. The van der Waals surface area contributed by atoms with Gasteiger partial charge in [0, 0.05) is 37.0 Å². The molecule has 1 aromatic carbocycles. The molecule has 2 aromatic rings. The molecule has 25 heavy (non-hydrogen) atoms. The molecule has 2 heterocycles. The van der Waals surface area contributed by atoms with Crippen molar-refractivity contribution in [2.24, 2.45) is 5.92 Å². The van der Waals surface area contributed by atoms with Crippen molar-refractivity contribution in [1.82, 2.24) is 15.2 Å². The van der Waals surface area contributed by atoms with Gasteiger partial charge >= 0.3 is 0 Å². The van der Waals surface area contributed by atoms with Crippen LogP contribution >= 0.6 is 11.3 Å². The third-order valence-electron chi connectivity index (χ3n) is 4.61. The zero-order valence-electron chi connectivity index (χ0n) is 14.6. The lowest BCUT2D eigenvalue weighted by Gasteiger charge is -2.31. The molecule has 2 amide bonds. The van der Waals surface area contributed by atoms with Crippen LogP contribution in [0.5, 0.6) is 0 Å². The Morgan fingerprint density at radius 3 is 2.76 bits per heavy atom. The maximum absolute atomic E-state index is 12.5. The molecule has 1 N–H and O–H groups in total. The summed E-state index contributed by atoms with van der Waals surface area (Å²) < 4.78 is 0. The van der Waals surface area contributed by atoms with Crippen LogP contribution in [-0.2, 0) is 16.0 Å². The van der Waals surface area contributed by atoms with Crippen molar-refractivity contribution in [1.29, 1.82) is 0 Å². The van der Waals surface area contributed by atoms with E-state index in [0.29, 0.717) is 19.5 Å². The van der Waals surface area contributed by atoms with Crippen molar-refractivity contribution in [2.45, 2.75) is 26.2 Å². The molecule has 3 rings (SSSR count). The smallest absolute Gasteiger partial charge is 0.228 e. The van der Waals surface area contributed by atoms with Crippen molar-refractivity contribution in [2.75, 3.05) is 20.1 Å². The maximum atomic E-state index is 12.5. The average Bonchev–Trinajstić information content (AvgIpc) is 3.09. The molecule has 0 aliphatic carbocycles. The fraction of sp³-hybridized carbons (Fsp3) is 0.421. The number of rotatable bonds is 4. The minimum Gasteiger partial charge on any atom is -0.359 e. The Balaban J connectivity index is 1.58. The number of nitrogens with one attached hydrogen (secondary N) is 1. The number of nitrogens with zero attached hydrogens (tertiary/aromatic N) is 2. The first kappa shape index (κ1) is 17.6. The van der Waals surface area contributed by atoms with Gasteiger partial charge in [0.15, 0.2) is 0 Å². The van der Waals surface area contributed by atoms with E-state index in [9.17, 15) is 9.59 Å². The standard InChI is InChI=1S/C19H23N3O2S/c1-13-4-3-5-15(10-13)19-21-16(12-25-19)11-17(23)22-8-6-14(7-9-22)18(24)20-2/h3-5,10,12,14H,6-9,11H2,1-2H3,(H,20,24). The van der Waals surface area contributed by atoms with Crippen LogP contribution < -0.4 is 5.32 Å². The molecular weight excluding hydrogens is 334 g/mol. The second-order valence-electron chi connectivity index (χ2n) is 6.46. The van der Waals surface area contributed by atoms with Crippen LogP contribution in [0.2, 0.25) is 0 Å². The maximum Gasteiger partial charge on any atom is 0.228 e. The summed E-state index contributed by atoms with van der Waals surface area (Å²) in [6.07, 6.45) is 1.79. The molecule has 5 nitrogen and oxygen atoms in total. The molecule has 1 saturated heterocycles. The number of carbonyl (C=O) groups is 2. The van der Waals surface area contributed by atoms with Crippen LogP contribution in [0.1, 0.15) is 24.1 Å². The Morgan fingerprint density at radius 1 is 1.32 bits per heavy atom. The molecule has 0 saturated carbocycles. The highest BCUT2D eigenvalue weighted by Gasteiger charge is 2.26. The van der Waals surface area contributed by atoms with Gasteiger partial charge in [0.2, 0.25) is 11.8 Å². The van der Waals surface area contributed by atoms with E-state index in [-0.39, 0.29) is 17.7 Å². The molecule has 0 atom stereocenters. The van der Waals surface area contributed by atoms with Gasteiger partial charge in [-0.25, -0.2) is 4.98 Å². The van der Waals surface area contributed by atoms with Gasteiger partial charge in [-0.15, -0.1) is 11.3 Å². The van der Waals surface area contributed by atoms with E-state index < -0.39 is 0 Å². The van der Waals surface area contributed by atoms with E-state index in [1.807, 2.05) is 22.4 Å². The van der Waals surface area contributed by atoms with Crippen LogP contribution in [0.4, 0.5) is 0 Å². The van der Waals surface area contributed by atoms with Crippen molar-refractivity contribution in [3.63, 3.8) is 0 Å². The molecule has 0 radical (unpaired) electrons. The van der Waals surface area contributed by atoms with Gasteiger partial charge in [-0.2, -0.15) is 0 Å². The Hall–Kier alpha value is -2.21. The lowest BCUT2D eigenvalue weighted by Crippen LogP contribution is -2.43. The first-order valence-electron chi connectivity index (χ1n) is 8.57. The summed E-state index contributed by atoms with van der Waals surface area (Å²) in [4.78, 5) is 30.6. The second kappa shape index (κ2) is 7.78. The van der Waals surface area contributed by atoms with Gasteiger partial charge in [-0.05, 0) is 25.8 Å². The lowest BCUT2D eigenvalue weighted by atomic mass is 9.96. The molecule has 1 aliphatic rings. The van der Waals surface area contributed by atoms with Crippen molar-refractivity contribution in [3.8, 4) is 10.6 Å². The van der Waals surface area contributed by atoms with E-state index in [1.54, 1.807) is 18.4 Å². The van der Waals surface area contributed by atoms with Crippen LogP contribution in [0.15, 0.2) is 29.6 Å². The van der Waals surface area contributed by atoms with E-state index in [2.05, 4.69) is 29.4 Å². The van der Waals surface area contributed by atoms with E-state index in [1.165, 1.54) is 5.56 Å². The number of benzene rings is 1. The minimum atomic E-state index is 0.0289. The molecule has 6 heteroatoms. The Bertz CT molecular complexity index is 764. The van der Waals surface area contributed by atoms with E-state index in [0.717, 1.165) is 29.1 Å². The number of hydrogen-bond acceptors (Lipinski definition) is 4. The Morgan fingerprint density at radius 2 is 2.08 bits per heavy atom. The molecule has 1 aromatic heterocycles. The first-order valence-corrected chi connectivity index (χ1v) is 9.45.